The predicted octanol–water partition coefficient (Wildman–Crippen LogP) is 3.47. The first-order valence-electron chi connectivity index (χ1n) is 6.33. The lowest BCUT2D eigenvalue weighted by molar-refractivity contribution is 0.552. The van der Waals surface area contributed by atoms with Crippen molar-refractivity contribution in [2.24, 2.45) is 5.73 Å². The summed E-state index contributed by atoms with van der Waals surface area (Å²) < 4.78 is 0. The van der Waals surface area contributed by atoms with Gasteiger partial charge in [0.2, 0.25) is 0 Å². The van der Waals surface area contributed by atoms with E-state index in [0.717, 1.165) is 27.7 Å². The highest BCUT2D eigenvalue weighted by Crippen LogP contribution is 2.30. The summed E-state index contributed by atoms with van der Waals surface area (Å²) in [5, 5.41) is 8.56. The number of pyridine rings is 1. The molecule has 5 heteroatoms. The van der Waals surface area contributed by atoms with Crippen LogP contribution in [0.4, 0.5) is 0 Å². The molecule has 0 aliphatic heterocycles. The molecule has 0 saturated carbocycles. The van der Waals surface area contributed by atoms with Gasteiger partial charge in [-0.15, -0.1) is 0 Å². The van der Waals surface area contributed by atoms with E-state index in [4.69, 9.17) is 17.3 Å². The summed E-state index contributed by atoms with van der Waals surface area (Å²) in [5.41, 5.74) is 9.23. The molecule has 0 bridgehead atoms. The van der Waals surface area contributed by atoms with Crippen molar-refractivity contribution >= 4 is 22.5 Å². The molecule has 3 aromatic rings. The Morgan fingerprint density at radius 1 is 1.20 bits per heavy atom. The average Bonchev–Trinajstić information content (AvgIpc) is 2.84. The first-order chi connectivity index (χ1) is 9.45. The Labute approximate surface area is 122 Å². The van der Waals surface area contributed by atoms with E-state index in [0.29, 0.717) is 5.02 Å². The molecule has 0 saturated heterocycles. The van der Waals surface area contributed by atoms with Crippen molar-refractivity contribution in [2.45, 2.75) is 19.4 Å². The number of nitrogens with zero attached hydrogens (tertiary/aromatic N) is 2. The van der Waals surface area contributed by atoms with Gasteiger partial charge in [-0.25, -0.2) is 0 Å². The minimum absolute atomic E-state index is 0.455. The van der Waals surface area contributed by atoms with Crippen LogP contribution in [0, 0.1) is 0 Å². The van der Waals surface area contributed by atoms with Crippen molar-refractivity contribution in [3.63, 3.8) is 0 Å². The summed E-state index contributed by atoms with van der Waals surface area (Å²) in [4.78, 5) is 4.46. The van der Waals surface area contributed by atoms with Gasteiger partial charge in [-0.2, -0.15) is 5.10 Å². The topological polar surface area (TPSA) is 67.6 Å². The van der Waals surface area contributed by atoms with Crippen LogP contribution in [0.15, 0.2) is 36.7 Å². The number of fused-ring (bicyclic) bond motifs is 1. The largest absolute Gasteiger partial charge is 0.322 e. The number of H-pyrrole nitrogens is 1. The summed E-state index contributed by atoms with van der Waals surface area (Å²) in [6, 6.07) is 7.84. The number of halogens is 1. The molecule has 0 aliphatic carbocycles. The molecule has 2 heterocycles. The first kappa shape index (κ1) is 13.1. The van der Waals surface area contributed by atoms with Gasteiger partial charge in [-0.05, 0) is 37.6 Å². The number of nitrogens with two attached hydrogens (primary N) is 1. The van der Waals surface area contributed by atoms with Gasteiger partial charge in [0.25, 0.3) is 0 Å². The average molecular weight is 287 g/mol. The van der Waals surface area contributed by atoms with E-state index in [9.17, 15) is 0 Å². The quantitative estimate of drug-likeness (QED) is 0.758. The number of rotatable bonds is 2. The Balaban J connectivity index is 2.09. The first-order valence-corrected chi connectivity index (χ1v) is 6.71. The van der Waals surface area contributed by atoms with Crippen molar-refractivity contribution < 1.29 is 0 Å². The molecule has 0 fully saturated rings. The second-order valence-corrected chi connectivity index (χ2v) is 5.86. The Morgan fingerprint density at radius 2 is 2.00 bits per heavy atom. The van der Waals surface area contributed by atoms with Gasteiger partial charge in [-0.3, -0.25) is 10.1 Å². The highest BCUT2D eigenvalue weighted by atomic mass is 35.5. The molecule has 1 aromatic carbocycles. The van der Waals surface area contributed by atoms with E-state index in [1.165, 1.54) is 0 Å². The summed E-state index contributed by atoms with van der Waals surface area (Å²) in [5.74, 6) is 0. The molecule has 0 aliphatic rings. The van der Waals surface area contributed by atoms with Gasteiger partial charge in [0, 0.05) is 22.7 Å². The molecule has 0 atom stereocenters. The van der Waals surface area contributed by atoms with Gasteiger partial charge in [0.15, 0.2) is 0 Å². The van der Waals surface area contributed by atoms with Crippen LogP contribution in [0.3, 0.4) is 0 Å². The molecule has 4 nitrogen and oxygen atoms in total. The number of aromatic nitrogens is 3. The van der Waals surface area contributed by atoms with E-state index >= 15 is 0 Å². The lowest BCUT2D eigenvalue weighted by atomic mass is 9.97. The second kappa shape index (κ2) is 4.58. The van der Waals surface area contributed by atoms with Crippen molar-refractivity contribution in [3.8, 4) is 11.3 Å². The molecular formula is C15H15ClN4. The zero-order valence-electron chi connectivity index (χ0n) is 11.3. The summed E-state index contributed by atoms with van der Waals surface area (Å²) in [6.07, 6.45) is 3.56. The van der Waals surface area contributed by atoms with E-state index in [-0.39, 0.29) is 0 Å². The maximum Gasteiger partial charge on any atom is 0.0888 e. The third-order valence-corrected chi connectivity index (χ3v) is 3.59. The molecule has 3 rings (SSSR count). The van der Waals surface area contributed by atoms with Crippen LogP contribution in [-0.2, 0) is 5.54 Å². The molecule has 2 aromatic heterocycles. The van der Waals surface area contributed by atoms with E-state index < -0.39 is 5.54 Å². The molecule has 20 heavy (non-hydrogen) atoms. The van der Waals surface area contributed by atoms with Crippen molar-refractivity contribution in [3.05, 3.63) is 47.2 Å². The van der Waals surface area contributed by atoms with E-state index in [1.807, 2.05) is 38.1 Å². The lowest BCUT2D eigenvalue weighted by Crippen LogP contribution is -2.28. The number of nitrogens with one attached hydrogen (secondary N) is 1. The van der Waals surface area contributed by atoms with Gasteiger partial charge in [0.1, 0.15) is 0 Å². The number of hydrogen-bond donors (Lipinski definition) is 2. The summed E-state index contributed by atoms with van der Waals surface area (Å²) in [6.45, 7) is 3.86. The highest BCUT2D eigenvalue weighted by molar-refractivity contribution is 6.33. The molecule has 3 N–H and O–H groups in total. The molecule has 102 valence electrons. The smallest absolute Gasteiger partial charge is 0.0888 e. The normalized spacial score (nSPS) is 12.0. The maximum atomic E-state index is 6.35. The van der Waals surface area contributed by atoms with Crippen LogP contribution >= 0.6 is 11.6 Å². The van der Waals surface area contributed by atoms with Crippen LogP contribution in [0.25, 0.3) is 22.2 Å². The highest BCUT2D eigenvalue weighted by Gasteiger charge is 2.17. The van der Waals surface area contributed by atoms with Crippen LogP contribution in [0.2, 0.25) is 5.02 Å². The Morgan fingerprint density at radius 3 is 2.70 bits per heavy atom. The third-order valence-electron chi connectivity index (χ3n) is 3.30. The van der Waals surface area contributed by atoms with Crippen molar-refractivity contribution in [1.82, 2.24) is 15.2 Å². The Kier molecular flexibility index (Phi) is 3.00. The summed E-state index contributed by atoms with van der Waals surface area (Å²) >= 11 is 6.35. The van der Waals surface area contributed by atoms with Gasteiger partial charge in [0.05, 0.1) is 22.4 Å². The Hall–Kier alpha value is -1.91. The zero-order valence-corrected chi connectivity index (χ0v) is 12.1. The van der Waals surface area contributed by atoms with Gasteiger partial charge < -0.3 is 5.73 Å². The minimum atomic E-state index is -0.455. The summed E-state index contributed by atoms with van der Waals surface area (Å²) in [7, 11) is 0. The van der Waals surface area contributed by atoms with E-state index in [1.54, 1.807) is 12.4 Å². The fourth-order valence-corrected chi connectivity index (χ4v) is 2.37. The third kappa shape index (κ3) is 2.28. The van der Waals surface area contributed by atoms with E-state index in [2.05, 4.69) is 15.2 Å². The van der Waals surface area contributed by atoms with Crippen molar-refractivity contribution in [2.75, 3.05) is 0 Å². The van der Waals surface area contributed by atoms with Crippen LogP contribution < -0.4 is 5.73 Å². The maximum absolute atomic E-state index is 6.35. The molecule has 0 amide bonds. The van der Waals surface area contributed by atoms with Gasteiger partial charge >= 0.3 is 0 Å². The van der Waals surface area contributed by atoms with Gasteiger partial charge in [-0.1, -0.05) is 17.7 Å². The number of benzene rings is 1. The number of aromatic amines is 1. The van der Waals surface area contributed by atoms with Crippen LogP contribution in [0.1, 0.15) is 19.4 Å². The van der Waals surface area contributed by atoms with Crippen molar-refractivity contribution in [1.29, 1.82) is 0 Å². The standard InChI is InChI=1S/C15H15ClN4/c1-15(2,17)11-6-12(16)14(18-8-11)9-3-4-13-10(5-9)7-19-20-13/h3-8H,17H2,1-2H3,(H,19,20). The molecular weight excluding hydrogens is 272 g/mol. The molecule has 0 radical (unpaired) electrons. The Bertz CT molecular complexity index is 771. The van der Waals surface area contributed by atoms with Crippen LogP contribution in [0.5, 0.6) is 0 Å². The number of hydrogen-bond acceptors (Lipinski definition) is 3. The SMILES string of the molecule is CC(C)(N)c1cnc(-c2ccc3[nH]ncc3c2)c(Cl)c1. The second-order valence-electron chi connectivity index (χ2n) is 5.45. The molecule has 0 unspecified atom stereocenters. The fraction of sp³-hybridized carbons (Fsp3) is 0.200. The predicted molar refractivity (Wildman–Crippen MR) is 81.5 cm³/mol. The fourth-order valence-electron chi connectivity index (χ4n) is 2.09. The minimum Gasteiger partial charge on any atom is -0.322 e. The monoisotopic (exact) mass is 286 g/mol. The molecule has 0 spiro atoms. The van der Waals surface area contributed by atoms with Crippen LogP contribution in [-0.4, -0.2) is 15.2 Å². The zero-order chi connectivity index (χ0) is 14.3. The lowest BCUT2D eigenvalue weighted by Gasteiger charge is -2.19.